The van der Waals surface area contributed by atoms with Crippen molar-refractivity contribution in [2.24, 2.45) is 7.05 Å². The number of hydrogen-bond donors (Lipinski definition) is 2. The zero-order valence-electron chi connectivity index (χ0n) is 11.7. The lowest BCUT2D eigenvalue weighted by Crippen LogP contribution is -2.13. The molecule has 1 aromatic carbocycles. The minimum atomic E-state index is -1.07. The lowest BCUT2D eigenvalue weighted by molar-refractivity contribution is -0.115. The number of aromatic nitrogens is 2. The van der Waals surface area contributed by atoms with Crippen molar-refractivity contribution in [3.63, 3.8) is 0 Å². The zero-order chi connectivity index (χ0) is 16.1. The van der Waals surface area contributed by atoms with Crippen molar-refractivity contribution in [2.45, 2.75) is 11.6 Å². The maximum atomic E-state index is 11.9. The van der Waals surface area contributed by atoms with Crippen molar-refractivity contribution in [1.82, 2.24) is 9.55 Å². The van der Waals surface area contributed by atoms with Gasteiger partial charge in [0, 0.05) is 31.6 Å². The normalized spacial score (nSPS) is 10.5. The van der Waals surface area contributed by atoms with E-state index in [1.807, 2.05) is 17.8 Å². The van der Waals surface area contributed by atoms with Crippen LogP contribution in [0, 0.1) is 0 Å². The summed E-state index contributed by atoms with van der Waals surface area (Å²) in [4.78, 5) is 27.0. The molecule has 0 fully saturated rings. The Balaban J connectivity index is 1.90. The number of carbonyl (C=O) groups excluding carboxylic acids is 1. The molecule has 0 saturated heterocycles. The van der Waals surface area contributed by atoms with Crippen LogP contribution in [0.15, 0.2) is 35.7 Å². The molecule has 0 unspecified atom stereocenters. The average molecular weight is 340 g/mol. The molecule has 0 atom stereocenters. The summed E-state index contributed by atoms with van der Waals surface area (Å²) in [6, 6.07) is 4.18. The Hall–Kier alpha value is -1.99. The molecule has 0 aliphatic rings. The number of imidazole rings is 1. The van der Waals surface area contributed by atoms with E-state index < -0.39 is 5.97 Å². The molecule has 0 radical (unpaired) electrons. The number of carbonyl (C=O) groups is 2. The first-order valence-corrected chi connectivity index (χ1v) is 7.76. The van der Waals surface area contributed by atoms with E-state index >= 15 is 0 Å². The lowest BCUT2D eigenvalue weighted by atomic mass is 10.2. The second-order valence-corrected chi connectivity index (χ2v) is 5.94. The topological polar surface area (TPSA) is 84.2 Å². The highest BCUT2D eigenvalue weighted by atomic mass is 35.5. The van der Waals surface area contributed by atoms with Gasteiger partial charge in [-0.05, 0) is 18.2 Å². The molecule has 116 valence electrons. The lowest BCUT2D eigenvalue weighted by Gasteiger charge is -2.08. The molecule has 1 heterocycles. The molecule has 0 aliphatic heterocycles. The fraction of sp³-hybridized carbons (Fsp3) is 0.214. The van der Waals surface area contributed by atoms with E-state index in [1.54, 1.807) is 6.20 Å². The van der Waals surface area contributed by atoms with Gasteiger partial charge in [-0.25, -0.2) is 9.78 Å². The molecule has 2 rings (SSSR count). The van der Waals surface area contributed by atoms with Crippen LogP contribution in [-0.4, -0.2) is 32.3 Å². The van der Waals surface area contributed by atoms with Gasteiger partial charge in [0.1, 0.15) is 0 Å². The number of benzene rings is 1. The van der Waals surface area contributed by atoms with Crippen molar-refractivity contribution >= 4 is 40.9 Å². The van der Waals surface area contributed by atoms with Gasteiger partial charge < -0.3 is 15.0 Å². The largest absolute Gasteiger partial charge is 0.478 e. The predicted octanol–water partition coefficient (Wildman–Crippen LogP) is 2.89. The summed E-state index contributed by atoms with van der Waals surface area (Å²) < 4.78 is 1.87. The molecule has 1 amide bonds. The van der Waals surface area contributed by atoms with Crippen LogP contribution in [0.5, 0.6) is 0 Å². The maximum absolute atomic E-state index is 11.9. The summed E-state index contributed by atoms with van der Waals surface area (Å²) in [5.74, 6) is -0.740. The van der Waals surface area contributed by atoms with Gasteiger partial charge in [-0.1, -0.05) is 23.4 Å². The molecule has 6 nitrogen and oxygen atoms in total. The quantitative estimate of drug-likeness (QED) is 0.790. The van der Waals surface area contributed by atoms with Crippen LogP contribution in [0.1, 0.15) is 16.8 Å². The van der Waals surface area contributed by atoms with Crippen molar-refractivity contribution in [3.8, 4) is 0 Å². The molecular weight excluding hydrogens is 326 g/mol. The van der Waals surface area contributed by atoms with Crippen molar-refractivity contribution < 1.29 is 14.7 Å². The van der Waals surface area contributed by atoms with Gasteiger partial charge in [0.25, 0.3) is 0 Å². The molecular formula is C14H14ClN3O3S. The summed E-state index contributed by atoms with van der Waals surface area (Å²) in [6.45, 7) is 0. The average Bonchev–Trinajstić information content (AvgIpc) is 2.86. The van der Waals surface area contributed by atoms with Gasteiger partial charge in [0.2, 0.25) is 5.91 Å². The number of aryl methyl sites for hydroxylation is 1. The Bertz CT molecular complexity index is 702. The SMILES string of the molecule is Cn1ccnc1SCCC(=O)Nc1cc(C(=O)O)ccc1Cl. The first-order chi connectivity index (χ1) is 10.5. The number of aromatic carboxylic acids is 1. The summed E-state index contributed by atoms with van der Waals surface area (Å²) in [5.41, 5.74) is 0.371. The van der Waals surface area contributed by atoms with Crippen LogP contribution >= 0.6 is 23.4 Å². The summed E-state index contributed by atoms with van der Waals surface area (Å²) in [5, 5.41) is 12.7. The summed E-state index contributed by atoms with van der Waals surface area (Å²) in [6.07, 6.45) is 3.80. The first-order valence-electron chi connectivity index (χ1n) is 6.40. The smallest absolute Gasteiger partial charge is 0.335 e. The molecule has 2 N–H and O–H groups in total. The third kappa shape index (κ3) is 4.25. The number of nitrogens with one attached hydrogen (secondary N) is 1. The minimum Gasteiger partial charge on any atom is -0.478 e. The zero-order valence-corrected chi connectivity index (χ0v) is 13.3. The van der Waals surface area contributed by atoms with E-state index in [0.29, 0.717) is 16.5 Å². The molecule has 8 heteroatoms. The summed E-state index contributed by atoms with van der Waals surface area (Å²) in [7, 11) is 1.88. The van der Waals surface area contributed by atoms with Crippen LogP contribution in [0.25, 0.3) is 0 Å². The van der Waals surface area contributed by atoms with Gasteiger partial charge in [-0.15, -0.1) is 0 Å². The molecule has 1 aromatic heterocycles. The van der Waals surface area contributed by atoms with Gasteiger partial charge in [-0.3, -0.25) is 4.79 Å². The number of anilines is 1. The number of thioether (sulfide) groups is 1. The van der Waals surface area contributed by atoms with Gasteiger partial charge in [-0.2, -0.15) is 0 Å². The van der Waals surface area contributed by atoms with E-state index in [2.05, 4.69) is 10.3 Å². The number of amides is 1. The Morgan fingerprint density at radius 2 is 2.23 bits per heavy atom. The Labute approximate surface area is 136 Å². The van der Waals surface area contributed by atoms with Gasteiger partial charge >= 0.3 is 5.97 Å². The molecule has 22 heavy (non-hydrogen) atoms. The second kappa shape index (κ2) is 7.33. The minimum absolute atomic E-state index is 0.0714. The number of hydrogen-bond acceptors (Lipinski definition) is 4. The number of carboxylic acids is 1. The van der Waals surface area contributed by atoms with Crippen LogP contribution in [0.4, 0.5) is 5.69 Å². The number of carboxylic acid groups (broad SMARTS) is 1. The van der Waals surface area contributed by atoms with E-state index in [0.717, 1.165) is 5.16 Å². The van der Waals surface area contributed by atoms with Crippen molar-refractivity contribution in [1.29, 1.82) is 0 Å². The number of halogens is 1. The molecule has 0 saturated carbocycles. The second-order valence-electron chi connectivity index (χ2n) is 4.47. The fourth-order valence-corrected chi connectivity index (χ4v) is 2.73. The summed E-state index contributed by atoms with van der Waals surface area (Å²) >= 11 is 7.42. The van der Waals surface area contributed by atoms with Crippen LogP contribution < -0.4 is 5.32 Å². The van der Waals surface area contributed by atoms with E-state index in [4.69, 9.17) is 16.7 Å². The molecule has 2 aromatic rings. The highest BCUT2D eigenvalue weighted by molar-refractivity contribution is 7.99. The van der Waals surface area contributed by atoms with Crippen molar-refractivity contribution in [2.75, 3.05) is 11.1 Å². The number of nitrogens with zero attached hydrogens (tertiary/aromatic N) is 2. The van der Waals surface area contributed by atoms with Gasteiger partial charge in [0.15, 0.2) is 5.16 Å². The third-order valence-corrected chi connectivity index (χ3v) is 4.21. The van der Waals surface area contributed by atoms with E-state index in [1.165, 1.54) is 30.0 Å². The number of rotatable bonds is 6. The van der Waals surface area contributed by atoms with Crippen molar-refractivity contribution in [3.05, 3.63) is 41.2 Å². The monoisotopic (exact) mass is 339 g/mol. The molecule has 0 aliphatic carbocycles. The van der Waals surface area contributed by atoms with Crippen LogP contribution in [0.3, 0.4) is 0 Å². The van der Waals surface area contributed by atoms with E-state index in [9.17, 15) is 9.59 Å². The highest BCUT2D eigenvalue weighted by Gasteiger charge is 2.10. The third-order valence-electron chi connectivity index (χ3n) is 2.82. The predicted molar refractivity (Wildman–Crippen MR) is 85.6 cm³/mol. The first kappa shape index (κ1) is 16.4. The van der Waals surface area contributed by atoms with E-state index in [-0.39, 0.29) is 17.9 Å². The standard InChI is InChI=1S/C14H14ClN3O3S/c1-18-6-5-16-14(18)22-7-4-12(19)17-11-8-9(13(20)21)2-3-10(11)15/h2-3,5-6,8H,4,7H2,1H3,(H,17,19)(H,20,21). The fourth-order valence-electron chi connectivity index (χ4n) is 1.69. The highest BCUT2D eigenvalue weighted by Crippen LogP contribution is 2.23. The van der Waals surface area contributed by atoms with Crippen LogP contribution in [-0.2, 0) is 11.8 Å². The molecule has 0 spiro atoms. The Morgan fingerprint density at radius 1 is 1.45 bits per heavy atom. The maximum Gasteiger partial charge on any atom is 0.335 e. The Kier molecular flexibility index (Phi) is 5.46. The van der Waals surface area contributed by atoms with Crippen LogP contribution in [0.2, 0.25) is 5.02 Å². The molecule has 0 bridgehead atoms. The van der Waals surface area contributed by atoms with Gasteiger partial charge in [0.05, 0.1) is 16.3 Å². The Morgan fingerprint density at radius 3 is 2.86 bits per heavy atom.